The first-order chi connectivity index (χ1) is 40.0. The van der Waals surface area contributed by atoms with Gasteiger partial charge in [-0.25, -0.2) is 4.57 Å². The van der Waals surface area contributed by atoms with Crippen molar-refractivity contribution in [1.82, 2.24) is 0 Å². The third-order valence-corrected chi connectivity index (χ3v) is 13.1. The van der Waals surface area contributed by atoms with Crippen molar-refractivity contribution in [3.63, 3.8) is 0 Å². The average Bonchev–Trinajstić information content (AvgIpc) is 3.59. The number of rotatable bonds is 46. The number of allylic oxidation sites excluding steroid dienone is 14. The van der Waals surface area contributed by atoms with Crippen molar-refractivity contribution >= 4 is 49.4 Å². The number of ether oxygens (including phenoxy) is 4. The lowest BCUT2D eigenvalue weighted by molar-refractivity contribution is -0.161. The van der Waals surface area contributed by atoms with Crippen molar-refractivity contribution in [2.45, 2.75) is 174 Å². The number of ketones is 2. The fourth-order valence-corrected chi connectivity index (χ4v) is 8.25. The van der Waals surface area contributed by atoms with Crippen LogP contribution in [-0.4, -0.2) is 95.9 Å². The molecule has 0 bridgehead atoms. The van der Waals surface area contributed by atoms with Crippen molar-refractivity contribution < 1.29 is 76.7 Å². The molecule has 0 heterocycles. The molecule has 0 aliphatic heterocycles. The van der Waals surface area contributed by atoms with Gasteiger partial charge in [-0.05, 0) is 98.9 Å². The molecular weight excluding hydrogens is 1080 g/mol. The Morgan fingerprint density at radius 2 is 0.976 bits per heavy atom. The molecule has 17 nitrogen and oxygen atoms in total. The third kappa shape index (κ3) is 41.9. The second kappa shape index (κ2) is 48.9. The van der Waals surface area contributed by atoms with E-state index in [9.17, 15) is 43.6 Å². The second-order valence-electron chi connectivity index (χ2n) is 19.4. The van der Waals surface area contributed by atoms with Crippen LogP contribution in [0.15, 0.2) is 121 Å². The topological polar surface area (TPSA) is 265 Å². The van der Waals surface area contributed by atoms with Gasteiger partial charge in [0.2, 0.25) is 0 Å². The van der Waals surface area contributed by atoms with Crippen LogP contribution >= 0.6 is 7.82 Å². The Bertz CT molecular complexity index is 2380. The maximum atomic E-state index is 12.6. The number of nitrogens with two attached hydrogens (primary N) is 1. The number of phosphoric acid groups is 1. The minimum absolute atomic E-state index is 0.00662. The van der Waals surface area contributed by atoms with E-state index >= 15 is 0 Å². The first-order valence-electron chi connectivity index (χ1n) is 29.0. The summed E-state index contributed by atoms with van der Waals surface area (Å²) in [5, 5.41) is 28.0. The summed E-state index contributed by atoms with van der Waals surface area (Å²) in [6, 6.07) is 7.81. The Balaban J connectivity index is 0.00000105. The summed E-state index contributed by atoms with van der Waals surface area (Å²) in [6.07, 6.45) is 51.0. The molecule has 3 atom stereocenters. The van der Waals surface area contributed by atoms with E-state index in [0.29, 0.717) is 35.5 Å². The van der Waals surface area contributed by atoms with E-state index in [0.717, 1.165) is 57.8 Å². The number of phenolic OH excluding ortho intramolecular Hbond substituents is 2. The summed E-state index contributed by atoms with van der Waals surface area (Å²) < 4.78 is 42.6. The average molecular weight is 1180 g/mol. The summed E-state index contributed by atoms with van der Waals surface area (Å²) in [6.45, 7) is 2.59. The van der Waals surface area contributed by atoms with Crippen LogP contribution in [0, 0.1) is 0 Å². The number of aliphatic carboxylic acids is 1. The summed E-state index contributed by atoms with van der Waals surface area (Å²) in [4.78, 5) is 69.7. The number of phosphoric ester groups is 1. The van der Waals surface area contributed by atoms with Crippen LogP contribution in [-0.2, 0) is 47.1 Å². The zero-order valence-electron chi connectivity index (χ0n) is 49.5. The van der Waals surface area contributed by atoms with Crippen LogP contribution in [0.4, 0.5) is 0 Å². The summed E-state index contributed by atoms with van der Waals surface area (Å²) in [5.41, 5.74) is 6.65. The van der Waals surface area contributed by atoms with Crippen LogP contribution in [0.25, 0.3) is 12.2 Å². The first-order valence-corrected chi connectivity index (χ1v) is 30.5. The molecule has 0 saturated carbocycles. The summed E-state index contributed by atoms with van der Waals surface area (Å²) in [5.74, 6) is -2.57. The smallest absolute Gasteiger partial charge is 0.472 e. The Kier molecular flexibility index (Phi) is 43.8. The molecule has 0 aromatic heterocycles. The van der Waals surface area contributed by atoms with Gasteiger partial charge in [-0.15, -0.1) is 0 Å². The molecule has 2 aromatic carbocycles. The normalized spacial score (nSPS) is 13.4. The van der Waals surface area contributed by atoms with E-state index in [1.54, 1.807) is 36.4 Å². The number of benzene rings is 2. The van der Waals surface area contributed by atoms with Gasteiger partial charge in [0.05, 0.1) is 33.9 Å². The molecule has 6 N–H and O–H groups in total. The van der Waals surface area contributed by atoms with Crippen LogP contribution in [0.2, 0.25) is 0 Å². The molecule has 0 amide bonds. The van der Waals surface area contributed by atoms with Crippen LogP contribution in [0.1, 0.15) is 173 Å². The monoisotopic (exact) mass is 1180 g/mol. The highest BCUT2D eigenvalue weighted by Gasteiger charge is 2.28. The minimum Gasteiger partial charge on any atom is -0.504 e. The minimum atomic E-state index is -4.73. The number of esters is 2. The maximum absolute atomic E-state index is 12.6. The molecule has 0 aliphatic rings. The molecule has 83 heavy (non-hydrogen) atoms. The summed E-state index contributed by atoms with van der Waals surface area (Å²) >= 11 is 0. The van der Waals surface area contributed by atoms with Gasteiger partial charge in [-0.3, -0.25) is 33.0 Å². The Morgan fingerprint density at radius 3 is 1.41 bits per heavy atom. The van der Waals surface area contributed by atoms with E-state index in [2.05, 4.69) is 79.1 Å². The van der Waals surface area contributed by atoms with Crippen molar-refractivity contribution in [2.75, 3.05) is 34.0 Å². The lowest BCUT2D eigenvalue weighted by atomic mass is 10.0. The van der Waals surface area contributed by atoms with Crippen LogP contribution in [0.5, 0.6) is 23.0 Å². The number of carboxylic acid groups (broad SMARTS) is 1. The van der Waals surface area contributed by atoms with Crippen molar-refractivity contribution in [3.8, 4) is 23.0 Å². The summed E-state index contributed by atoms with van der Waals surface area (Å²) in [7, 11) is -1.87. The third-order valence-electron chi connectivity index (χ3n) is 12.2. The van der Waals surface area contributed by atoms with Crippen molar-refractivity contribution in [3.05, 3.63) is 133 Å². The molecule has 460 valence electrons. The Hall–Kier alpha value is -6.62. The van der Waals surface area contributed by atoms with Crippen molar-refractivity contribution in [2.24, 2.45) is 5.73 Å². The fraction of sp³-hybridized carbons (Fsp3) is 0.492. The van der Waals surface area contributed by atoms with E-state index < -0.39 is 51.1 Å². The molecule has 1 unspecified atom stereocenters. The zero-order valence-corrected chi connectivity index (χ0v) is 50.3. The Morgan fingerprint density at radius 1 is 0.554 bits per heavy atom. The highest BCUT2D eigenvalue weighted by atomic mass is 31.2. The predicted octanol–water partition coefficient (Wildman–Crippen LogP) is 14.3. The van der Waals surface area contributed by atoms with Gasteiger partial charge < -0.3 is 44.9 Å². The van der Waals surface area contributed by atoms with Gasteiger partial charge in [-0.1, -0.05) is 188 Å². The quantitative estimate of drug-likeness (QED) is 0.0103. The van der Waals surface area contributed by atoms with Crippen molar-refractivity contribution in [1.29, 1.82) is 0 Å². The Labute approximate surface area is 493 Å². The van der Waals surface area contributed by atoms with E-state index in [-0.39, 0.29) is 48.9 Å². The van der Waals surface area contributed by atoms with Crippen LogP contribution < -0.4 is 15.2 Å². The van der Waals surface area contributed by atoms with Gasteiger partial charge in [0.25, 0.3) is 0 Å². The molecule has 2 aromatic rings. The number of methoxy groups -OCH3 is 2. The highest BCUT2D eigenvalue weighted by molar-refractivity contribution is 7.47. The van der Waals surface area contributed by atoms with Gasteiger partial charge in [0, 0.05) is 12.8 Å². The number of carbonyl (C=O) groups is 5. The molecule has 0 saturated heterocycles. The number of carbonyl (C=O) groups excluding carboxylic acids is 4. The number of carboxylic acids is 1. The van der Waals surface area contributed by atoms with E-state index in [1.807, 2.05) is 12.2 Å². The number of phenols is 2. The highest BCUT2D eigenvalue weighted by Crippen LogP contribution is 2.43. The molecular formula is C65H94NO16P. The van der Waals surface area contributed by atoms with Gasteiger partial charge in [-0.2, -0.15) is 0 Å². The standard InChI is InChI=1S/C44H74NO10P.C21H20O6/c1-3-5-7-9-11-13-15-17-18-19-20-21-22-24-25-27-29-31-33-35-42(46)52-37-40(38-53-56(50,51)54-39-41(45)44(48)49)55-43(47)36-34-32-30-28-26-23-16-14-12-10-8-6-4-2;1-26-20-11-14(5-9-18(20)24)3-7-16(22)13-17(23)8-4-15-6-10-19(25)21(12-15)27-2/h5,7,11,13,17-18,20-21,24-25,29,31,40-41H,3-4,6,8-10,12,14-16,19,22-23,26-28,30,32-39,45H2,1-2H3,(H,48,49)(H,50,51);3-12,24-25H,13H2,1-2H3/b7-5-,13-11-,18-17-,21-20-,25-24-,31-29-;7-3+,8-4+/t40-,41+;/m1./s1. The van der Waals surface area contributed by atoms with E-state index in [4.69, 9.17) is 34.3 Å². The molecule has 0 spiro atoms. The number of hydrogen-bond acceptors (Lipinski definition) is 15. The van der Waals surface area contributed by atoms with Gasteiger partial charge >= 0.3 is 25.7 Å². The largest absolute Gasteiger partial charge is 0.504 e. The molecule has 0 radical (unpaired) electrons. The van der Waals surface area contributed by atoms with Gasteiger partial charge in [0.1, 0.15) is 12.6 Å². The molecule has 0 fully saturated rings. The molecule has 18 heteroatoms. The lowest BCUT2D eigenvalue weighted by Gasteiger charge is -2.20. The number of hydrogen-bond donors (Lipinski definition) is 5. The molecule has 2 rings (SSSR count). The van der Waals surface area contributed by atoms with Gasteiger partial charge in [0.15, 0.2) is 40.7 Å². The number of unbranched alkanes of at least 4 members (excludes halogenated alkanes) is 12. The van der Waals surface area contributed by atoms with E-state index in [1.165, 1.54) is 96.3 Å². The SMILES string of the molecule is CC/C=C\C/C=C\C/C=C\C/C=C\C/C=C\C/C=C\CCC(=O)OC[C@H](COP(=O)(O)OC[C@H](N)C(=O)O)OC(=O)CCCCCCCCCCCCCCC.COc1cc(/C=C/C(=O)CC(=O)/C=C/c2ccc(O)c(OC)c2)ccc1O. The zero-order chi connectivity index (χ0) is 61.2. The maximum Gasteiger partial charge on any atom is 0.472 e. The number of aromatic hydroxyl groups is 2. The predicted molar refractivity (Wildman–Crippen MR) is 328 cm³/mol. The second-order valence-corrected chi connectivity index (χ2v) is 20.8. The lowest BCUT2D eigenvalue weighted by Crippen LogP contribution is -2.34. The molecule has 0 aliphatic carbocycles. The fourth-order valence-electron chi connectivity index (χ4n) is 7.47. The first kappa shape index (κ1) is 74.4. The van der Waals surface area contributed by atoms with Crippen LogP contribution in [0.3, 0.4) is 0 Å².